The molecule has 1 atom stereocenters. The molecule has 6 heteroatoms. The zero-order valence-electron chi connectivity index (χ0n) is 18.8. The topological polar surface area (TPSA) is 72.8 Å². The average Bonchev–Trinajstić information content (AvgIpc) is 2.82. The second-order valence-corrected chi connectivity index (χ2v) is 9.12. The summed E-state index contributed by atoms with van der Waals surface area (Å²) >= 11 is 0. The number of ketones is 1. The van der Waals surface area contributed by atoms with E-state index in [-0.39, 0.29) is 23.7 Å². The van der Waals surface area contributed by atoms with E-state index < -0.39 is 10.8 Å². The number of methoxy groups -OCH3 is 1. The van der Waals surface area contributed by atoms with E-state index in [0.29, 0.717) is 29.4 Å². The summed E-state index contributed by atoms with van der Waals surface area (Å²) in [4.78, 5) is 12.8. The third-order valence-electron chi connectivity index (χ3n) is 5.02. The fourth-order valence-electron chi connectivity index (χ4n) is 3.20. The molecule has 0 heterocycles. The molecule has 33 heavy (non-hydrogen) atoms. The van der Waals surface area contributed by atoms with E-state index in [2.05, 4.69) is 0 Å². The van der Waals surface area contributed by atoms with Gasteiger partial charge in [0.05, 0.1) is 29.4 Å². The molecule has 0 saturated heterocycles. The van der Waals surface area contributed by atoms with Crippen LogP contribution in [-0.2, 0) is 28.6 Å². The number of benzene rings is 3. The van der Waals surface area contributed by atoms with Gasteiger partial charge in [-0.2, -0.15) is 0 Å². The van der Waals surface area contributed by atoms with E-state index in [0.717, 1.165) is 16.7 Å². The molecule has 0 saturated carbocycles. The van der Waals surface area contributed by atoms with Gasteiger partial charge in [-0.3, -0.25) is 9.00 Å². The van der Waals surface area contributed by atoms with Crippen LogP contribution in [0.25, 0.3) is 0 Å². The van der Waals surface area contributed by atoms with E-state index >= 15 is 0 Å². The molecular weight excluding hydrogens is 436 g/mol. The van der Waals surface area contributed by atoms with Crippen molar-refractivity contribution in [2.45, 2.75) is 31.3 Å². The van der Waals surface area contributed by atoms with Gasteiger partial charge in [0, 0.05) is 17.4 Å². The molecule has 0 spiro atoms. The Hall–Kier alpha value is -3.38. The number of hydrogen-bond donors (Lipinski definition) is 1. The lowest BCUT2D eigenvalue weighted by molar-refractivity contribution is -0.112. The number of allylic oxidation sites excluding steroid dienone is 2. The monoisotopic (exact) mass is 464 g/mol. The second-order valence-electron chi connectivity index (χ2n) is 7.66. The first-order chi connectivity index (χ1) is 15.9. The molecule has 5 nitrogen and oxygen atoms in total. The van der Waals surface area contributed by atoms with Gasteiger partial charge < -0.3 is 14.6 Å². The van der Waals surface area contributed by atoms with Crippen LogP contribution in [0.15, 0.2) is 89.5 Å². The van der Waals surface area contributed by atoms with Crippen LogP contribution >= 0.6 is 0 Å². The molecule has 0 aliphatic heterocycles. The second kappa shape index (κ2) is 12.0. The molecule has 1 N–H and O–H groups in total. The van der Waals surface area contributed by atoms with Crippen LogP contribution in [0.5, 0.6) is 11.5 Å². The summed E-state index contributed by atoms with van der Waals surface area (Å²) in [6, 6.07) is 22.7. The van der Waals surface area contributed by atoms with E-state index in [1.807, 2.05) is 67.6 Å². The number of carbonyl (C=O) groups excluding carboxylic acids is 1. The quantitative estimate of drug-likeness (QED) is 0.307. The number of aliphatic hydroxyl groups is 1. The maximum atomic E-state index is 12.3. The van der Waals surface area contributed by atoms with Gasteiger partial charge in [0.2, 0.25) is 0 Å². The first-order valence-corrected chi connectivity index (χ1v) is 12.0. The summed E-state index contributed by atoms with van der Waals surface area (Å²) in [5, 5.41) is 10.2. The first kappa shape index (κ1) is 24.3. The van der Waals surface area contributed by atoms with Crippen LogP contribution in [0.4, 0.5) is 0 Å². The molecule has 3 aromatic rings. The van der Waals surface area contributed by atoms with Crippen molar-refractivity contribution in [3.05, 3.63) is 101 Å². The average molecular weight is 465 g/mol. The highest BCUT2D eigenvalue weighted by molar-refractivity contribution is 7.85. The minimum absolute atomic E-state index is 0.0377. The number of aryl methyl sites for hydroxylation is 2. The smallest absolute Gasteiger partial charge is 0.171 e. The summed E-state index contributed by atoms with van der Waals surface area (Å²) in [6.07, 6.45) is 1.98. The standard InChI is InChI=1S/C27H28O5S/c1-20-8-13-25(14-9-20)33(30)19-24(29)17-23(28)12-10-21-11-15-26(27(16-21)31-2)32-18-22-6-4-3-5-7-22/h3-9,11,13-17,28H,10,12,18-19H2,1-2H3/t33-/m1/s1. The zero-order chi connectivity index (χ0) is 23.6. The SMILES string of the molecule is COc1cc(CCC(O)=CC(=O)C[S@@](=O)c2ccc(C)cc2)ccc1OCc1ccccc1. The van der Waals surface area contributed by atoms with Crippen LogP contribution in [-0.4, -0.2) is 28.0 Å². The normalized spacial score (nSPS) is 12.2. The van der Waals surface area contributed by atoms with Crippen LogP contribution in [0.1, 0.15) is 23.1 Å². The van der Waals surface area contributed by atoms with Crippen molar-refractivity contribution in [2.24, 2.45) is 0 Å². The minimum Gasteiger partial charge on any atom is -0.512 e. The molecule has 0 aliphatic carbocycles. The Kier molecular flexibility index (Phi) is 8.84. The van der Waals surface area contributed by atoms with E-state index in [1.54, 1.807) is 19.2 Å². The van der Waals surface area contributed by atoms with Gasteiger partial charge in [0.1, 0.15) is 6.61 Å². The maximum Gasteiger partial charge on any atom is 0.171 e. The van der Waals surface area contributed by atoms with Gasteiger partial charge in [-0.15, -0.1) is 0 Å². The van der Waals surface area contributed by atoms with Crippen LogP contribution < -0.4 is 9.47 Å². The highest BCUT2D eigenvalue weighted by Gasteiger charge is 2.11. The van der Waals surface area contributed by atoms with Gasteiger partial charge in [0.25, 0.3) is 0 Å². The van der Waals surface area contributed by atoms with Crippen molar-refractivity contribution in [3.8, 4) is 11.5 Å². The van der Waals surface area contributed by atoms with Gasteiger partial charge in [-0.1, -0.05) is 54.1 Å². The summed E-state index contributed by atoms with van der Waals surface area (Å²) in [7, 11) is 0.145. The van der Waals surface area contributed by atoms with Crippen molar-refractivity contribution in [2.75, 3.05) is 12.9 Å². The summed E-state index contributed by atoms with van der Waals surface area (Å²) in [6.45, 7) is 2.38. The molecule has 0 amide bonds. The van der Waals surface area contributed by atoms with E-state index in [9.17, 15) is 14.1 Å². The van der Waals surface area contributed by atoms with Crippen molar-refractivity contribution in [3.63, 3.8) is 0 Å². The maximum absolute atomic E-state index is 12.3. The predicted molar refractivity (Wildman–Crippen MR) is 130 cm³/mol. The lowest BCUT2D eigenvalue weighted by Gasteiger charge is -2.12. The molecule has 0 aromatic heterocycles. The Morgan fingerprint density at radius 3 is 2.39 bits per heavy atom. The van der Waals surface area contributed by atoms with Gasteiger partial charge in [-0.25, -0.2) is 0 Å². The number of ether oxygens (including phenoxy) is 2. The molecule has 0 unspecified atom stereocenters. The van der Waals surface area contributed by atoms with E-state index in [4.69, 9.17) is 9.47 Å². The Balaban J connectivity index is 1.53. The van der Waals surface area contributed by atoms with Gasteiger partial charge in [0.15, 0.2) is 17.3 Å². The van der Waals surface area contributed by atoms with E-state index in [1.165, 1.54) is 6.08 Å². The van der Waals surface area contributed by atoms with Crippen LogP contribution in [0.3, 0.4) is 0 Å². The zero-order valence-corrected chi connectivity index (χ0v) is 19.6. The fraction of sp³-hybridized carbons (Fsp3) is 0.222. The number of rotatable bonds is 11. The molecular formula is C27H28O5S. The van der Waals surface area contributed by atoms with Gasteiger partial charge in [-0.05, 0) is 48.7 Å². The third-order valence-corrected chi connectivity index (χ3v) is 6.36. The highest BCUT2D eigenvalue weighted by Crippen LogP contribution is 2.29. The molecule has 0 radical (unpaired) electrons. The summed E-state index contributed by atoms with van der Waals surface area (Å²) < 4.78 is 23.6. The number of aliphatic hydroxyl groups excluding tert-OH is 1. The lowest BCUT2D eigenvalue weighted by atomic mass is 10.1. The van der Waals surface area contributed by atoms with Crippen LogP contribution in [0.2, 0.25) is 0 Å². The molecule has 3 aromatic carbocycles. The molecule has 0 fully saturated rings. The van der Waals surface area contributed by atoms with Gasteiger partial charge >= 0.3 is 0 Å². The lowest BCUT2D eigenvalue weighted by Crippen LogP contribution is -2.09. The van der Waals surface area contributed by atoms with Crippen molar-refractivity contribution < 1.29 is 23.6 Å². The first-order valence-electron chi connectivity index (χ1n) is 10.7. The van der Waals surface area contributed by atoms with Crippen molar-refractivity contribution in [1.29, 1.82) is 0 Å². The number of carbonyl (C=O) groups is 1. The fourth-order valence-corrected chi connectivity index (χ4v) is 4.14. The Bertz CT molecular complexity index is 1120. The van der Waals surface area contributed by atoms with Crippen molar-refractivity contribution in [1.82, 2.24) is 0 Å². The molecule has 0 bridgehead atoms. The Morgan fingerprint density at radius 1 is 0.970 bits per heavy atom. The Morgan fingerprint density at radius 2 is 1.70 bits per heavy atom. The summed E-state index contributed by atoms with van der Waals surface area (Å²) in [5.74, 6) is 0.682. The minimum atomic E-state index is -1.44. The largest absolute Gasteiger partial charge is 0.512 e. The third kappa shape index (κ3) is 7.61. The molecule has 3 rings (SSSR count). The Labute approximate surface area is 197 Å². The summed E-state index contributed by atoms with van der Waals surface area (Å²) in [5.41, 5.74) is 3.06. The number of hydrogen-bond acceptors (Lipinski definition) is 5. The molecule has 0 aliphatic rings. The van der Waals surface area contributed by atoms with Crippen molar-refractivity contribution >= 4 is 16.6 Å². The highest BCUT2D eigenvalue weighted by atomic mass is 32.2. The van der Waals surface area contributed by atoms with Crippen LogP contribution in [0, 0.1) is 6.92 Å². The predicted octanol–water partition coefficient (Wildman–Crippen LogP) is 5.33. The molecule has 172 valence electrons.